The fourth-order valence-electron chi connectivity index (χ4n) is 2.57. The first-order valence-electron chi connectivity index (χ1n) is 6.20. The SMILES string of the molecule is Cl.Clc1cc2c(c(CN3CCNCC3)c1)OCC2. The highest BCUT2D eigenvalue weighted by Crippen LogP contribution is 2.33. The van der Waals surface area contributed by atoms with Crippen molar-refractivity contribution in [2.75, 3.05) is 32.8 Å². The highest BCUT2D eigenvalue weighted by Gasteiger charge is 2.19. The molecule has 0 unspecified atom stereocenters. The summed E-state index contributed by atoms with van der Waals surface area (Å²) in [6.45, 7) is 6.09. The molecule has 5 heteroatoms. The molecule has 0 aliphatic carbocycles. The summed E-state index contributed by atoms with van der Waals surface area (Å²) in [6, 6.07) is 4.08. The van der Waals surface area contributed by atoms with Gasteiger partial charge in [0.1, 0.15) is 5.75 Å². The van der Waals surface area contributed by atoms with Crippen LogP contribution in [0.4, 0.5) is 0 Å². The van der Waals surface area contributed by atoms with Crippen molar-refractivity contribution in [2.45, 2.75) is 13.0 Å². The van der Waals surface area contributed by atoms with E-state index < -0.39 is 0 Å². The van der Waals surface area contributed by atoms with Crippen LogP contribution in [0.2, 0.25) is 5.02 Å². The largest absolute Gasteiger partial charge is 0.493 e. The van der Waals surface area contributed by atoms with Crippen LogP contribution in [0.5, 0.6) is 5.75 Å². The van der Waals surface area contributed by atoms with Gasteiger partial charge in [-0.05, 0) is 17.7 Å². The van der Waals surface area contributed by atoms with E-state index in [1.54, 1.807) is 0 Å². The van der Waals surface area contributed by atoms with E-state index in [9.17, 15) is 0 Å². The monoisotopic (exact) mass is 288 g/mol. The van der Waals surface area contributed by atoms with Crippen LogP contribution in [-0.4, -0.2) is 37.7 Å². The topological polar surface area (TPSA) is 24.5 Å². The van der Waals surface area contributed by atoms with Gasteiger partial charge in [0.15, 0.2) is 0 Å². The average Bonchev–Trinajstić information content (AvgIpc) is 2.78. The minimum absolute atomic E-state index is 0. The van der Waals surface area contributed by atoms with Gasteiger partial charge in [-0.15, -0.1) is 12.4 Å². The fraction of sp³-hybridized carbons (Fsp3) is 0.538. The first-order valence-corrected chi connectivity index (χ1v) is 6.58. The number of piperazine rings is 1. The molecule has 1 N–H and O–H groups in total. The Morgan fingerprint density at radius 3 is 2.83 bits per heavy atom. The van der Waals surface area contributed by atoms with Crippen LogP contribution in [0.25, 0.3) is 0 Å². The predicted octanol–water partition coefficient (Wildman–Crippen LogP) is 2.10. The molecule has 0 atom stereocenters. The Bertz CT molecular complexity index is 420. The molecule has 1 fully saturated rings. The van der Waals surface area contributed by atoms with E-state index in [4.69, 9.17) is 16.3 Å². The Labute approximate surface area is 119 Å². The van der Waals surface area contributed by atoms with Crippen molar-refractivity contribution >= 4 is 24.0 Å². The second-order valence-electron chi connectivity index (χ2n) is 4.68. The number of hydrogen-bond donors (Lipinski definition) is 1. The lowest BCUT2D eigenvalue weighted by molar-refractivity contribution is 0.229. The second-order valence-corrected chi connectivity index (χ2v) is 5.11. The zero-order valence-electron chi connectivity index (χ0n) is 10.2. The van der Waals surface area contributed by atoms with E-state index >= 15 is 0 Å². The quantitative estimate of drug-likeness (QED) is 0.902. The summed E-state index contributed by atoms with van der Waals surface area (Å²) in [4.78, 5) is 2.45. The summed E-state index contributed by atoms with van der Waals surface area (Å²) in [5.41, 5.74) is 2.51. The number of benzene rings is 1. The fourth-order valence-corrected chi connectivity index (χ4v) is 2.84. The number of halogens is 2. The number of hydrogen-bond acceptors (Lipinski definition) is 3. The third kappa shape index (κ3) is 2.91. The molecule has 100 valence electrons. The van der Waals surface area contributed by atoms with Crippen molar-refractivity contribution in [2.24, 2.45) is 0 Å². The van der Waals surface area contributed by atoms with E-state index in [0.29, 0.717) is 0 Å². The predicted molar refractivity (Wildman–Crippen MR) is 76.0 cm³/mol. The minimum Gasteiger partial charge on any atom is -0.493 e. The van der Waals surface area contributed by atoms with Crippen LogP contribution in [0.3, 0.4) is 0 Å². The van der Waals surface area contributed by atoms with Gasteiger partial charge >= 0.3 is 0 Å². The first-order chi connectivity index (χ1) is 8.33. The number of rotatable bonds is 2. The van der Waals surface area contributed by atoms with Crippen molar-refractivity contribution in [1.82, 2.24) is 10.2 Å². The normalized spacial score (nSPS) is 18.9. The van der Waals surface area contributed by atoms with E-state index in [1.165, 1.54) is 11.1 Å². The summed E-state index contributed by atoms with van der Waals surface area (Å²) < 4.78 is 5.73. The molecule has 0 radical (unpaired) electrons. The van der Waals surface area contributed by atoms with Crippen LogP contribution in [-0.2, 0) is 13.0 Å². The van der Waals surface area contributed by atoms with Crippen molar-refractivity contribution in [3.63, 3.8) is 0 Å². The molecule has 2 aliphatic rings. The van der Waals surface area contributed by atoms with E-state index in [-0.39, 0.29) is 12.4 Å². The smallest absolute Gasteiger partial charge is 0.127 e. The molecule has 0 bridgehead atoms. The number of ether oxygens (including phenoxy) is 1. The summed E-state index contributed by atoms with van der Waals surface area (Å²) in [7, 11) is 0. The van der Waals surface area contributed by atoms with Gasteiger partial charge in [-0.1, -0.05) is 11.6 Å². The van der Waals surface area contributed by atoms with Crippen molar-refractivity contribution in [3.8, 4) is 5.75 Å². The molecule has 2 aliphatic heterocycles. The van der Waals surface area contributed by atoms with Crippen LogP contribution < -0.4 is 10.1 Å². The zero-order chi connectivity index (χ0) is 11.7. The van der Waals surface area contributed by atoms with Crippen molar-refractivity contribution < 1.29 is 4.74 Å². The maximum atomic E-state index is 6.16. The molecular formula is C13H18Cl2N2O. The van der Waals surface area contributed by atoms with Crippen molar-refractivity contribution in [1.29, 1.82) is 0 Å². The molecular weight excluding hydrogens is 271 g/mol. The maximum Gasteiger partial charge on any atom is 0.127 e. The van der Waals surface area contributed by atoms with Gasteiger partial charge in [0.25, 0.3) is 0 Å². The van der Waals surface area contributed by atoms with Crippen LogP contribution in [0, 0.1) is 0 Å². The number of nitrogens with zero attached hydrogens (tertiary/aromatic N) is 1. The minimum atomic E-state index is 0. The molecule has 3 rings (SSSR count). The highest BCUT2D eigenvalue weighted by molar-refractivity contribution is 6.30. The van der Waals surface area contributed by atoms with Gasteiger partial charge in [0.2, 0.25) is 0 Å². The highest BCUT2D eigenvalue weighted by atomic mass is 35.5. The Balaban J connectivity index is 0.00000120. The third-order valence-corrected chi connectivity index (χ3v) is 3.65. The molecule has 0 aromatic heterocycles. The van der Waals surface area contributed by atoms with E-state index in [0.717, 1.165) is 56.5 Å². The van der Waals surface area contributed by atoms with Crippen LogP contribution in [0.15, 0.2) is 12.1 Å². The Hall–Kier alpha value is -0.480. The number of fused-ring (bicyclic) bond motifs is 1. The lowest BCUT2D eigenvalue weighted by atomic mass is 10.1. The molecule has 1 aromatic carbocycles. The summed E-state index contributed by atoms with van der Waals surface area (Å²) in [5, 5.41) is 4.20. The molecule has 1 saturated heterocycles. The standard InChI is InChI=1S/C13H17ClN2O.ClH/c14-12-7-10-1-6-17-13(10)11(8-12)9-16-4-2-15-3-5-16;/h7-8,15H,1-6,9H2;1H. The average molecular weight is 289 g/mol. The van der Waals surface area contributed by atoms with Gasteiger partial charge < -0.3 is 10.1 Å². The summed E-state index contributed by atoms with van der Waals surface area (Å²) in [5.74, 6) is 1.08. The van der Waals surface area contributed by atoms with Gasteiger partial charge in [-0.25, -0.2) is 0 Å². The van der Waals surface area contributed by atoms with E-state index in [1.807, 2.05) is 12.1 Å². The Morgan fingerprint density at radius 2 is 2.06 bits per heavy atom. The van der Waals surface area contributed by atoms with Gasteiger partial charge in [-0.2, -0.15) is 0 Å². The number of nitrogens with one attached hydrogen (secondary N) is 1. The first kappa shape index (κ1) is 13.9. The maximum absolute atomic E-state index is 6.16. The third-order valence-electron chi connectivity index (χ3n) is 3.43. The van der Waals surface area contributed by atoms with Crippen LogP contribution in [0.1, 0.15) is 11.1 Å². The molecule has 18 heavy (non-hydrogen) atoms. The lowest BCUT2D eigenvalue weighted by Gasteiger charge is -2.27. The zero-order valence-corrected chi connectivity index (χ0v) is 11.8. The molecule has 2 heterocycles. The van der Waals surface area contributed by atoms with Gasteiger partial charge in [0, 0.05) is 49.7 Å². The van der Waals surface area contributed by atoms with Crippen molar-refractivity contribution in [3.05, 3.63) is 28.3 Å². The molecule has 0 saturated carbocycles. The van der Waals surface area contributed by atoms with Gasteiger partial charge in [0.05, 0.1) is 6.61 Å². The Morgan fingerprint density at radius 1 is 1.28 bits per heavy atom. The van der Waals surface area contributed by atoms with Gasteiger partial charge in [-0.3, -0.25) is 4.90 Å². The van der Waals surface area contributed by atoms with Crippen LogP contribution >= 0.6 is 24.0 Å². The summed E-state index contributed by atoms with van der Waals surface area (Å²) >= 11 is 6.16. The molecule has 0 amide bonds. The lowest BCUT2D eigenvalue weighted by Crippen LogP contribution is -2.42. The Kier molecular flexibility index (Phi) is 4.73. The van der Waals surface area contributed by atoms with E-state index in [2.05, 4.69) is 10.2 Å². The molecule has 3 nitrogen and oxygen atoms in total. The summed E-state index contributed by atoms with van der Waals surface area (Å²) in [6.07, 6.45) is 0.991. The molecule has 1 aromatic rings. The molecule has 0 spiro atoms. The second kappa shape index (κ2) is 6.11.